The second-order valence-electron chi connectivity index (χ2n) is 6.88. The van der Waals surface area contributed by atoms with Crippen molar-refractivity contribution in [2.75, 3.05) is 6.54 Å². The number of aliphatic imine (C=N–C) groups is 1. The molecule has 142 valence electrons. The SMILES string of the molecule is CCc1cccc(CC)c1N=C1NC(=O)[C@H](CC(=O)NCCC(C)C)S1. The van der Waals surface area contributed by atoms with Crippen LogP contribution in [0, 0.1) is 5.92 Å². The van der Waals surface area contributed by atoms with E-state index in [1.54, 1.807) is 0 Å². The molecule has 1 heterocycles. The van der Waals surface area contributed by atoms with Crippen molar-refractivity contribution in [1.29, 1.82) is 0 Å². The number of amides is 2. The maximum atomic E-state index is 12.2. The summed E-state index contributed by atoms with van der Waals surface area (Å²) in [6.07, 6.45) is 2.90. The molecule has 0 saturated carbocycles. The van der Waals surface area contributed by atoms with E-state index in [1.165, 1.54) is 22.9 Å². The van der Waals surface area contributed by atoms with Gasteiger partial charge in [-0.15, -0.1) is 0 Å². The van der Waals surface area contributed by atoms with Crippen molar-refractivity contribution in [3.05, 3.63) is 29.3 Å². The first-order valence-electron chi connectivity index (χ1n) is 9.38. The summed E-state index contributed by atoms with van der Waals surface area (Å²) in [5.41, 5.74) is 3.28. The molecule has 2 N–H and O–H groups in total. The van der Waals surface area contributed by atoms with Gasteiger partial charge in [0.15, 0.2) is 5.17 Å². The van der Waals surface area contributed by atoms with Crippen molar-refractivity contribution < 1.29 is 9.59 Å². The highest BCUT2D eigenvalue weighted by molar-refractivity contribution is 8.15. The average molecular weight is 376 g/mol. The number of benzene rings is 1. The standard InChI is InChI=1S/C20H29N3O2S/c1-5-14-8-7-9-15(6-2)18(14)22-20-23-19(25)16(26-20)12-17(24)21-11-10-13(3)4/h7-9,13,16H,5-6,10-12H2,1-4H3,(H,21,24)(H,22,23,25)/t16-/m0/s1. The van der Waals surface area contributed by atoms with Gasteiger partial charge >= 0.3 is 0 Å². The molecule has 1 aliphatic heterocycles. The van der Waals surface area contributed by atoms with Crippen LogP contribution >= 0.6 is 11.8 Å². The number of rotatable bonds is 8. The Kier molecular flexibility index (Phi) is 7.69. The minimum atomic E-state index is -0.410. The van der Waals surface area contributed by atoms with Crippen LogP contribution in [-0.2, 0) is 22.4 Å². The third-order valence-electron chi connectivity index (χ3n) is 4.37. The van der Waals surface area contributed by atoms with Gasteiger partial charge in [-0.3, -0.25) is 9.59 Å². The lowest BCUT2D eigenvalue weighted by Gasteiger charge is -2.09. The van der Waals surface area contributed by atoms with Gasteiger partial charge < -0.3 is 10.6 Å². The smallest absolute Gasteiger partial charge is 0.240 e. The predicted octanol–water partition coefficient (Wildman–Crippen LogP) is 3.58. The number of hydrogen-bond acceptors (Lipinski definition) is 4. The van der Waals surface area contributed by atoms with Crippen molar-refractivity contribution in [2.24, 2.45) is 10.9 Å². The van der Waals surface area contributed by atoms with Crippen LogP contribution < -0.4 is 10.6 Å². The van der Waals surface area contributed by atoms with Gasteiger partial charge in [0.2, 0.25) is 11.8 Å². The number of para-hydroxylation sites is 1. The second-order valence-corrected chi connectivity index (χ2v) is 8.07. The van der Waals surface area contributed by atoms with E-state index in [-0.39, 0.29) is 18.2 Å². The number of nitrogens with zero attached hydrogens (tertiary/aromatic N) is 1. The molecule has 0 aliphatic carbocycles. The fourth-order valence-electron chi connectivity index (χ4n) is 2.79. The minimum Gasteiger partial charge on any atom is -0.356 e. The average Bonchev–Trinajstić information content (AvgIpc) is 2.93. The van der Waals surface area contributed by atoms with Crippen molar-refractivity contribution in [3.63, 3.8) is 0 Å². The van der Waals surface area contributed by atoms with Crippen LogP contribution in [-0.4, -0.2) is 28.8 Å². The summed E-state index contributed by atoms with van der Waals surface area (Å²) in [7, 11) is 0. The van der Waals surface area contributed by atoms with Gasteiger partial charge in [0, 0.05) is 13.0 Å². The largest absolute Gasteiger partial charge is 0.356 e. The van der Waals surface area contributed by atoms with Crippen molar-refractivity contribution in [1.82, 2.24) is 10.6 Å². The highest BCUT2D eigenvalue weighted by Crippen LogP contribution is 2.30. The highest BCUT2D eigenvalue weighted by atomic mass is 32.2. The molecular formula is C20H29N3O2S. The Bertz CT molecular complexity index is 663. The van der Waals surface area contributed by atoms with Gasteiger partial charge in [-0.1, -0.05) is 57.7 Å². The van der Waals surface area contributed by atoms with E-state index in [1.807, 2.05) is 6.07 Å². The number of aryl methyl sites for hydroxylation is 2. The van der Waals surface area contributed by atoms with Crippen LogP contribution in [0.4, 0.5) is 5.69 Å². The van der Waals surface area contributed by atoms with Crippen LogP contribution in [0.2, 0.25) is 0 Å². The predicted molar refractivity (Wildman–Crippen MR) is 109 cm³/mol. The lowest BCUT2D eigenvalue weighted by molar-refractivity contribution is -0.125. The van der Waals surface area contributed by atoms with E-state index in [2.05, 4.69) is 50.5 Å². The Hall–Kier alpha value is -1.82. The molecule has 0 spiro atoms. The normalized spacial score (nSPS) is 18.4. The number of amidine groups is 1. The fraction of sp³-hybridized carbons (Fsp3) is 0.550. The quantitative estimate of drug-likeness (QED) is 0.729. The first kappa shape index (κ1) is 20.5. The Balaban J connectivity index is 2.03. The monoisotopic (exact) mass is 375 g/mol. The second kappa shape index (κ2) is 9.76. The van der Waals surface area contributed by atoms with Gasteiger partial charge in [-0.25, -0.2) is 4.99 Å². The van der Waals surface area contributed by atoms with Gasteiger partial charge in [0.05, 0.1) is 5.69 Å². The number of nitrogens with one attached hydrogen (secondary N) is 2. The number of hydrogen-bond donors (Lipinski definition) is 2. The summed E-state index contributed by atoms with van der Waals surface area (Å²) in [4.78, 5) is 29.0. The number of carbonyl (C=O) groups is 2. The Morgan fingerprint density at radius 1 is 1.27 bits per heavy atom. The Morgan fingerprint density at radius 2 is 1.92 bits per heavy atom. The van der Waals surface area contributed by atoms with Gasteiger partial charge in [-0.2, -0.15) is 0 Å². The molecule has 6 heteroatoms. The van der Waals surface area contributed by atoms with Gasteiger partial charge in [0.1, 0.15) is 5.25 Å². The van der Waals surface area contributed by atoms with Crippen molar-refractivity contribution in [3.8, 4) is 0 Å². The van der Waals surface area contributed by atoms with E-state index < -0.39 is 5.25 Å². The lowest BCUT2D eigenvalue weighted by atomic mass is 10.0. The zero-order valence-electron chi connectivity index (χ0n) is 16.1. The van der Waals surface area contributed by atoms with Gasteiger partial charge in [-0.05, 0) is 36.3 Å². The highest BCUT2D eigenvalue weighted by Gasteiger charge is 2.32. The molecule has 26 heavy (non-hydrogen) atoms. The summed E-state index contributed by atoms with van der Waals surface area (Å²) in [5, 5.41) is 5.90. The molecule has 0 bridgehead atoms. The molecule has 0 aromatic heterocycles. The zero-order chi connectivity index (χ0) is 19.1. The van der Waals surface area contributed by atoms with Crippen LogP contribution in [0.25, 0.3) is 0 Å². The maximum Gasteiger partial charge on any atom is 0.240 e. The first-order valence-corrected chi connectivity index (χ1v) is 10.3. The van der Waals surface area contributed by atoms with Crippen LogP contribution in [0.5, 0.6) is 0 Å². The van der Waals surface area contributed by atoms with Crippen LogP contribution in [0.1, 0.15) is 51.7 Å². The van der Waals surface area contributed by atoms with E-state index in [9.17, 15) is 9.59 Å². The molecule has 1 aliphatic rings. The van der Waals surface area contributed by atoms with Crippen LogP contribution in [0.3, 0.4) is 0 Å². The van der Waals surface area contributed by atoms with E-state index >= 15 is 0 Å². The molecule has 2 amide bonds. The minimum absolute atomic E-state index is 0.0808. The summed E-state index contributed by atoms with van der Waals surface area (Å²) in [6.45, 7) is 9.09. The molecule has 1 saturated heterocycles. The molecule has 1 atom stereocenters. The molecule has 5 nitrogen and oxygen atoms in total. The summed E-state index contributed by atoms with van der Waals surface area (Å²) < 4.78 is 0. The Labute approximate surface area is 160 Å². The lowest BCUT2D eigenvalue weighted by Crippen LogP contribution is -2.32. The van der Waals surface area contributed by atoms with E-state index in [0.717, 1.165) is 24.9 Å². The molecule has 0 radical (unpaired) electrons. The topological polar surface area (TPSA) is 70.6 Å². The van der Waals surface area contributed by atoms with Gasteiger partial charge in [0.25, 0.3) is 0 Å². The van der Waals surface area contributed by atoms with Crippen molar-refractivity contribution >= 4 is 34.4 Å². The first-order chi connectivity index (χ1) is 12.4. The summed E-state index contributed by atoms with van der Waals surface area (Å²) in [6, 6.07) is 6.19. The number of thioether (sulfide) groups is 1. The van der Waals surface area contributed by atoms with E-state index in [0.29, 0.717) is 17.6 Å². The third kappa shape index (κ3) is 5.59. The number of carbonyl (C=O) groups excluding carboxylic acids is 2. The fourth-order valence-corrected chi connectivity index (χ4v) is 3.77. The molecule has 1 aromatic carbocycles. The molecule has 2 rings (SSSR count). The molecule has 1 fully saturated rings. The summed E-state index contributed by atoms with van der Waals surface area (Å²) >= 11 is 1.35. The Morgan fingerprint density at radius 3 is 2.50 bits per heavy atom. The van der Waals surface area contributed by atoms with Crippen LogP contribution in [0.15, 0.2) is 23.2 Å². The summed E-state index contributed by atoms with van der Waals surface area (Å²) in [5.74, 6) is 0.326. The van der Waals surface area contributed by atoms with E-state index in [4.69, 9.17) is 4.99 Å². The molecular weight excluding hydrogens is 346 g/mol. The maximum absolute atomic E-state index is 12.2. The van der Waals surface area contributed by atoms with Crippen molar-refractivity contribution in [2.45, 2.75) is 58.6 Å². The zero-order valence-corrected chi connectivity index (χ0v) is 16.9. The molecule has 0 unspecified atom stereocenters. The molecule has 1 aromatic rings. The third-order valence-corrected chi connectivity index (χ3v) is 5.45.